The van der Waals surface area contributed by atoms with Crippen LogP contribution in [0.15, 0.2) is 23.3 Å². The summed E-state index contributed by atoms with van der Waals surface area (Å²) in [6.07, 6.45) is 2.89. The lowest BCUT2D eigenvalue weighted by Crippen LogP contribution is -2.37. The molecule has 0 aliphatic heterocycles. The van der Waals surface area contributed by atoms with Gasteiger partial charge in [-0.15, -0.1) is 24.0 Å². The van der Waals surface area contributed by atoms with Gasteiger partial charge >= 0.3 is 0 Å². The molecule has 0 bridgehead atoms. The first-order chi connectivity index (χ1) is 8.61. The molecule has 1 heterocycles. The van der Waals surface area contributed by atoms with E-state index in [1.165, 1.54) is 0 Å². The summed E-state index contributed by atoms with van der Waals surface area (Å²) in [5.74, 6) is 1.50. The first-order valence-electron chi connectivity index (χ1n) is 6.16. The summed E-state index contributed by atoms with van der Waals surface area (Å²) in [5, 5.41) is 7.02. The summed E-state index contributed by atoms with van der Waals surface area (Å²) in [4.78, 5) is 8.20. The SMILES string of the molecule is CN=C(NCCC(C)C)NCc1ccc(Cl)nc1.I. The average Bonchev–Trinajstić information content (AvgIpc) is 2.35. The fraction of sp³-hybridized carbons (Fsp3) is 0.538. The molecule has 4 nitrogen and oxygen atoms in total. The number of aliphatic imine (C=N–C) groups is 1. The monoisotopic (exact) mass is 396 g/mol. The molecule has 0 aliphatic carbocycles. The second kappa shape index (κ2) is 10.3. The highest BCUT2D eigenvalue weighted by Crippen LogP contribution is 2.04. The van der Waals surface area contributed by atoms with Gasteiger partial charge in [0.15, 0.2) is 5.96 Å². The number of nitrogens with zero attached hydrogens (tertiary/aromatic N) is 2. The molecule has 1 aromatic rings. The minimum Gasteiger partial charge on any atom is -0.356 e. The van der Waals surface area contributed by atoms with Gasteiger partial charge in [-0.3, -0.25) is 4.99 Å². The third kappa shape index (κ3) is 8.26. The van der Waals surface area contributed by atoms with Crippen LogP contribution in [0.5, 0.6) is 0 Å². The molecule has 0 saturated heterocycles. The van der Waals surface area contributed by atoms with E-state index in [1.54, 1.807) is 19.3 Å². The molecular formula is C13H22ClIN4. The number of aromatic nitrogens is 1. The summed E-state index contributed by atoms with van der Waals surface area (Å²) in [6, 6.07) is 3.73. The topological polar surface area (TPSA) is 49.3 Å². The van der Waals surface area contributed by atoms with Gasteiger partial charge in [-0.25, -0.2) is 4.98 Å². The van der Waals surface area contributed by atoms with E-state index in [4.69, 9.17) is 11.6 Å². The Balaban J connectivity index is 0.00000324. The summed E-state index contributed by atoms with van der Waals surface area (Å²) in [6.45, 7) is 6.02. The number of rotatable bonds is 5. The van der Waals surface area contributed by atoms with Gasteiger partial charge in [0.1, 0.15) is 5.15 Å². The Morgan fingerprint density at radius 3 is 2.63 bits per heavy atom. The lowest BCUT2D eigenvalue weighted by Gasteiger charge is -2.12. The van der Waals surface area contributed by atoms with E-state index in [9.17, 15) is 0 Å². The molecule has 0 unspecified atom stereocenters. The molecule has 0 amide bonds. The second-order valence-electron chi connectivity index (χ2n) is 4.52. The quantitative estimate of drug-likeness (QED) is 0.348. The van der Waals surface area contributed by atoms with E-state index >= 15 is 0 Å². The standard InChI is InChI=1S/C13H21ClN4.HI/c1-10(2)6-7-16-13(15-3)18-9-11-4-5-12(14)17-8-11;/h4-5,8,10H,6-7,9H2,1-3H3,(H2,15,16,18);1H. The predicted molar refractivity (Wildman–Crippen MR) is 92.3 cm³/mol. The molecule has 0 atom stereocenters. The molecule has 1 rings (SSSR count). The Bertz CT molecular complexity index is 379. The normalized spacial score (nSPS) is 11.1. The Hall–Kier alpha value is -0.560. The Morgan fingerprint density at radius 2 is 2.11 bits per heavy atom. The zero-order valence-electron chi connectivity index (χ0n) is 11.6. The van der Waals surface area contributed by atoms with Crippen LogP contribution in [0.4, 0.5) is 0 Å². The van der Waals surface area contributed by atoms with E-state index in [-0.39, 0.29) is 24.0 Å². The van der Waals surface area contributed by atoms with Gasteiger partial charge in [-0.2, -0.15) is 0 Å². The lowest BCUT2D eigenvalue weighted by atomic mass is 10.1. The molecule has 0 radical (unpaired) electrons. The van der Waals surface area contributed by atoms with Gasteiger partial charge < -0.3 is 10.6 Å². The number of pyridine rings is 1. The van der Waals surface area contributed by atoms with Gasteiger partial charge in [-0.1, -0.05) is 31.5 Å². The van der Waals surface area contributed by atoms with Crippen molar-refractivity contribution < 1.29 is 0 Å². The summed E-state index contributed by atoms with van der Waals surface area (Å²) in [7, 11) is 1.77. The first-order valence-corrected chi connectivity index (χ1v) is 6.54. The number of nitrogens with one attached hydrogen (secondary N) is 2. The zero-order chi connectivity index (χ0) is 13.4. The van der Waals surface area contributed by atoms with Gasteiger partial charge in [0, 0.05) is 26.3 Å². The Morgan fingerprint density at radius 1 is 1.37 bits per heavy atom. The maximum absolute atomic E-state index is 5.73. The minimum atomic E-state index is 0. The highest BCUT2D eigenvalue weighted by molar-refractivity contribution is 14.0. The van der Waals surface area contributed by atoms with Gasteiger partial charge in [0.05, 0.1) is 0 Å². The smallest absolute Gasteiger partial charge is 0.191 e. The van der Waals surface area contributed by atoms with Crippen LogP contribution in [0.2, 0.25) is 5.15 Å². The van der Waals surface area contributed by atoms with Crippen LogP contribution in [0.3, 0.4) is 0 Å². The van der Waals surface area contributed by atoms with Crippen molar-refractivity contribution in [1.29, 1.82) is 0 Å². The van der Waals surface area contributed by atoms with Crippen LogP contribution in [0, 0.1) is 5.92 Å². The third-order valence-electron chi connectivity index (χ3n) is 2.49. The van der Waals surface area contributed by atoms with Gasteiger partial charge in [-0.05, 0) is 24.0 Å². The van der Waals surface area contributed by atoms with Gasteiger partial charge in [0.25, 0.3) is 0 Å². The van der Waals surface area contributed by atoms with Crippen LogP contribution >= 0.6 is 35.6 Å². The molecule has 0 fully saturated rings. The molecule has 0 aromatic carbocycles. The molecule has 6 heteroatoms. The number of guanidine groups is 1. The maximum Gasteiger partial charge on any atom is 0.191 e. The van der Waals surface area contributed by atoms with Crippen molar-refractivity contribution in [3.63, 3.8) is 0 Å². The largest absolute Gasteiger partial charge is 0.356 e. The van der Waals surface area contributed by atoms with Crippen molar-refractivity contribution in [3.8, 4) is 0 Å². The van der Waals surface area contributed by atoms with Crippen LogP contribution in [0.25, 0.3) is 0 Å². The molecule has 2 N–H and O–H groups in total. The maximum atomic E-state index is 5.73. The van der Waals surface area contributed by atoms with E-state index in [2.05, 4.69) is 34.5 Å². The van der Waals surface area contributed by atoms with Crippen molar-refractivity contribution in [2.24, 2.45) is 10.9 Å². The molecule has 19 heavy (non-hydrogen) atoms. The molecule has 108 valence electrons. The van der Waals surface area contributed by atoms with Crippen LogP contribution in [-0.2, 0) is 6.54 Å². The summed E-state index contributed by atoms with van der Waals surface area (Å²) < 4.78 is 0. The van der Waals surface area contributed by atoms with Crippen LogP contribution < -0.4 is 10.6 Å². The van der Waals surface area contributed by atoms with E-state index in [1.807, 2.05) is 6.07 Å². The molecule has 0 spiro atoms. The summed E-state index contributed by atoms with van der Waals surface area (Å²) in [5.41, 5.74) is 1.08. The van der Waals surface area contributed by atoms with E-state index in [0.717, 1.165) is 24.5 Å². The van der Waals surface area contributed by atoms with Crippen molar-refractivity contribution in [3.05, 3.63) is 29.0 Å². The number of hydrogen-bond acceptors (Lipinski definition) is 2. The minimum absolute atomic E-state index is 0. The fourth-order valence-corrected chi connectivity index (χ4v) is 1.51. The van der Waals surface area contributed by atoms with Crippen molar-refractivity contribution in [2.45, 2.75) is 26.8 Å². The molecule has 0 aliphatic rings. The average molecular weight is 397 g/mol. The Labute approximate surface area is 137 Å². The summed E-state index contributed by atoms with van der Waals surface area (Å²) >= 11 is 5.73. The number of hydrogen-bond donors (Lipinski definition) is 2. The van der Waals surface area contributed by atoms with Crippen molar-refractivity contribution >= 4 is 41.5 Å². The van der Waals surface area contributed by atoms with E-state index in [0.29, 0.717) is 17.6 Å². The van der Waals surface area contributed by atoms with Gasteiger partial charge in [0.2, 0.25) is 0 Å². The predicted octanol–water partition coefficient (Wildman–Crippen LogP) is 3.06. The van der Waals surface area contributed by atoms with Crippen molar-refractivity contribution in [2.75, 3.05) is 13.6 Å². The van der Waals surface area contributed by atoms with Crippen LogP contribution in [0.1, 0.15) is 25.8 Å². The molecular weight excluding hydrogens is 375 g/mol. The lowest BCUT2D eigenvalue weighted by molar-refractivity contribution is 0.573. The zero-order valence-corrected chi connectivity index (χ0v) is 14.7. The van der Waals surface area contributed by atoms with Crippen molar-refractivity contribution in [1.82, 2.24) is 15.6 Å². The fourth-order valence-electron chi connectivity index (χ4n) is 1.40. The van der Waals surface area contributed by atoms with Crippen LogP contribution in [-0.4, -0.2) is 24.5 Å². The Kier molecular flexibility index (Phi) is 9.95. The first kappa shape index (κ1) is 18.4. The molecule has 1 aromatic heterocycles. The van der Waals surface area contributed by atoms with E-state index < -0.39 is 0 Å². The molecule has 0 saturated carbocycles. The third-order valence-corrected chi connectivity index (χ3v) is 2.71. The second-order valence-corrected chi connectivity index (χ2v) is 4.91. The highest BCUT2D eigenvalue weighted by Gasteiger charge is 1.99. The number of halogens is 2. The highest BCUT2D eigenvalue weighted by atomic mass is 127.